The molecule has 0 heterocycles. The second-order valence-electron chi connectivity index (χ2n) is 0.878. The summed E-state index contributed by atoms with van der Waals surface area (Å²) in [6.07, 6.45) is 0. The van der Waals surface area contributed by atoms with E-state index >= 15 is 0 Å². The van der Waals surface area contributed by atoms with Gasteiger partial charge in [0.2, 0.25) is 0 Å². The molecule has 0 aromatic rings. The monoisotopic (exact) mass is 185 g/mol. The van der Waals surface area contributed by atoms with Crippen molar-refractivity contribution in [3.05, 3.63) is 0 Å². The SMILES string of the molecule is [CH3][Sn]([CH3])[Cl]. The zero-order valence-electron chi connectivity index (χ0n) is 2.88. The van der Waals surface area contributed by atoms with Crippen LogP contribution in [0, 0.1) is 0 Å². The zero-order valence-corrected chi connectivity index (χ0v) is 6.49. The molecule has 2 heteroatoms. The van der Waals surface area contributed by atoms with E-state index in [2.05, 4.69) is 9.88 Å². The average Bonchev–Trinajstić information content (AvgIpc) is 0.811. The molecule has 0 saturated heterocycles. The van der Waals surface area contributed by atoms with Gasteiger partial charge in [0, 0.05) is 0 Å². The molecule has 0 nitrogen and oxygen atoms in total. The van der Waals surface area contributed by atoms with Crippen molar-refractivity contribution < 1.29 is 0 Å². The maximum atomic E-state index is 5.47. The minimum absolute atomic E-state index is 1.07. The normalized spacial score (nSPS) is 9.00. The fourth-order valence-electron chi connectivity index (χ4n) is 0. The fraction of sp³-hybridized carbons (Fsp3) is 1.00. The minimum atomic E-state index is -1.07. The Balaban J connectivity index is 2.32. The van der Waals surface area contributed by atoms with Crippen molar-refractivity contribution in [1.82, 2.24) is 0 Å². The first-order valence-electron chi connectivity index (χ1n) is 1.19. The van der Waals surface area contributed by atoms with Gasteiger partial charge in [-0.15, -0.1) is 0 Å². The first-order chi connectivity index (χ1) is 1.73. The standard InChI is InChI=1S/2CH3.ClH.Sn/h2*1H3;1H;/q;;;+1/p-1. The molecule has 0 aromatic carbocycles. The van der Waals surface area contributed by atoms with E-state index in [0.717, 1.165) is 0 Å². The van der Waals surface area contributed by atoms with Crippen LogP contribution in [-0.2, 0) is 0 Å². The molecule has 1 radical (unpaired) electrons. The van der Waals surface area contributed by atoms with Gasteiger partial charge in [0.05, 0.1) is 0 Å². The summed E-state index contributed by atoms with van der Waals surface area (Å²) in [6, 6.07) is 0. The van der Waals surface area contributed by atoms with Crippen LogP contribution in [0.25, 0.3) is 0 Å². The van der Waals surface area contributed by atoms with Gasteiger partial charge in [-0.25, -0.2) is 0 Å². The van der Waals surface area contributed by atoms with Gasteiger partial charge in [0.15, 0.2) is 0 Å². The number of halogens is 1. The third-order valence-electron chi connectivity index (χ3n) is 0. The second-order valence-corrected chi connectivity index (χ2v) is 11.0. The third kappa shape index (κ3) is 11.4. The van der Waals surface area contributed by atoms with Gasteiger partial charge in [-0.3, -0.25) is 0 Å². The molecule has 0 aliphatic heterocycles. The van der Waals surface area contributed by atoms with Crippen LogP contribution in [-0.4, -0.2) is 18.6 Å². The van der Waals surface area contributed by atoms with Gasteiger partial charge in [-0.2, -0.15) is 0 Å². The van der Waals surface area contributed by atoms with Gasteiger partial charge in [-0.05, 0) is 0 Å². The van der Waals surface area contributed by atoms with Crippen LogP contribution >= 0.6 is 8.92 Å². The predicted octanol–water partition coefficient (Wildman–Crippen LogP) is 1.48. The Morgan fingerprint density at radius 2 is 1.50 bits per heavy atom. The topological polar surface area (TPSA) is 0 Å². The zero-order chi connectivity index (χ0) is 3.58. The van der Waals surface area contributed by atoms with E-state index in [4.69, 9.17) is 8.92 Å². The Labute approximate surface area is 37.6 Å². The van der Waals surface area contributed by atoms with E-state index in [0.29, 0.717) is 0 Å². The average molecular weight is 184 g/mol. The first-order valence-corrected chi connectivity index (χ1v) is 10.5. The quantitative estimate of drug-likeness (QED) is 0.500. The van der Waals surface area contributed by atoms with Gasteiger partial charge < -0.3 is 0 Å². The molecule has 0 saturated carbocycles. The van der Waals surface area contributed by atoms with Crippen LogP contribution < -0.4 is 0 Å². The molecule has 0 aliphatic rings. The molecule has 0 aliphatic carbocycles. The van der Waals surface area contributed by atoms with Crippen LogP contribution in [0.1, 0.15) is 0 Å². The molecule has 0 unspecified atom stereocenters. The third-order valence-corrected chi connectivity index (χ3v) is 0. The molecule has 25 valence electrons. The van der Waals surface area contributed by atoms with Crippen molar-refractivity contribution in [2.45, 2.75) is 9.88 Å². The summed E-state index contributed by atoms with van der Waals surface area (Å²) in [5.41, 5.74) is 0. The van der Waals surface area contributed by atoms with Crippen molar-refractivity contribution in [2.24, 2.45) is 0 Å². The van der Waals surface area contributed by atoms with Crippen LogP contribution in [0.4, 0.5) is 0 Å². The van der Waals surface area contributed by atoms with E-state index in [1.54, 1.807) is 0 Å². The van der Waals surface area contributed by atoms with Crippen LogP contribution in [0.3, 0.4) is 0 Å². The van der Waals surface area contributed by atoms with Crippen LogP contribution in [0.15, 0.2) is 0 Å². The van der Waals surface area contributed by atoms with E-state index in [1.165, 1.54) is 0 Å². The Hall–Kier alpha value is 1.09. The molecule has 0 spiro atoms. The van der Waals surface area contributed by atoms with E-state index in [9.17, 15) is 0 Å². The Bertz CT molecular complexity index is 10.8. The number of rotatable bonds is 0. The molecule has 0 amide bonds. The Kier molecular flexibility index (Phi) is 2.97. The van der Waals surface area contributed by atoms with Crippen molar-refractivity contribution in [3.63, 3.8) is 0 Å². The fourth-order valence-corrected chi connectivity index (χ4v) is 0. The van der Waals surface area contributed by atoms with Crippen molar-refractivity contribution >= 4 is 27.6 Å². The first kappa shape index (κ1) is 5.09. The van der Waals surface area contributed by atoms with Crippen LogP contribution in [0.2, 0.25) is 9.88 Å². The summed E-state index contributed by atoms with van der Waals surface area (Å²) in [6.45, 7) is 0. The molecule has 0 bridgehead atoms. The molecule has 0 atom stereocenters. The Morgan fingerprint density at radius 3 is 1.50 bits per heavy atom. The maximum absolute atomic E-state index is 5.47. The molecule has 0 fully saturated rings. The molecule has 0 N–H and O–H groups in total. The summed E-state index contributed by atoms with van der Waals surface area (Å²) in [5.74, 6) is 0. The summed E-state index contributed by atoms with van der Waals surface area (Å²) in [4.78, 5) is 4.26. The van der Waals surface area contributed by atoms with Crippen molar-refractivity contribution in [1.29, 1.82) is 0 Å². The van der Waals surface area contributed by atoms with Gasteiger partial charge >= 0.3 is 37.4 Å². The van der Waals surface area contributed by atoms with Gasteiger partial charge in [0.25, 0.3) is 0 Å². The summed E-state index contributed by atoms with van der Waals surface area (Å²) in [5, 5.41) is 0. The van der Waals surface area contributed by atoms with Gasteiger partial charge in [-0.1, -0.05) is 0 Å². The van der Waals surface area contributed by atoms with E-state index < -0.39 is 18.6 Å². The van der Waals surface area contributed by atoms with Gasteiger partial charge in [0.1, 0.15) is 0 Å². The predicted molar refractivity (Wildman–Crippen MR) is 23.3 cm³/mol. The molecular weight excluding hydrogens is 178 g/mol. The van der Waals surface area contributed by atoms with Crippen LogP contribution in [0.5, 0.6) is 0 Å². The second kappa shape index (κ2) is 2.33. The molecule has 0 rings (SSSR count). The summed E-state index contributed by atoms with van der Waals surface area (Å²) >= 11 is -1.07. The molecular formula is C2H6ClSn. The number of hydrogen-bond acceptors (Lipinski definition) is 0. The summed E-state index contributed by atoms with van der Waals surface area (Å²) in [7, 11) is 5.47. The number of hydrogen-bond donors (Lipinski definition) is 0. The summed E-state index contributed by atoms with van der Waals surface area (Å²) < 4.78 is 0. The van der Waals surface area contributed by atoms with E-state index in [1.807, 2.05) is 0 Å². The van der Waals surface area contributed by atoms with Crippen molar-refractivity contribution in [2.75, 3.05) is 0 Å². The molecule has 0 aromatic heterocycles. The van der Waals surface area contributed by atoms with E-state index in [-0.39, 0.29) is 0 Å². The Morgan fingerprint density at radius 1 is 1.50 bits per heavy atom. The van der Waals surface area contributed by atoms with Crippen molar-refractivity contribution in [3.8, 4) is 0 Å². The molecule has 4 heavy (non-hydrogen) atoms.